The highest BCUT2D eigenvalue weighted by atomic mass is 16.4. The minimum Gasteiger partial charge on any atom is -0.481 e. The quantitative estimate of drug-likeness (QED) is 0.592. The van der Waals surface area contributed by atoms with Crippen LogP contribution in [0.3, 0.4) is 0 Å². The maximum atomic E-state index is 11.2. The van der Waals surface area contributed by atoms with E-state index < -0.39 is 17.8 Å². The van der Waals surface area contributed by atoms with Crippen LogP contribution in [-0.4, -0.2) is 34.1 Å². The minimum absolute atomic E-state index is 0.141. The number of rotatable bonds is 3. The summed E-state index contributed by atoms with van der Waals surface area (Å²) in [6.07, 6.45) is 6.63. The molecule has 96 valence electrons. The van der Waals surface area contributed by atoms with Gasteiger partial charge in [0.1, 0.15) is 0 Å². The summed E-state index contributed by atoms with van der Waals surface area (Å²) in [4.78, 5) is 33.2. The molecule has 0 aromatic rings. The van der Waals surface area contributed by atoms with E-state index in [4.69, 9.17) is 5.11 Å². The molecule has 1 saturated carbocycles. The van der Waals surface area contributed by atoms with Gasteiger partial charge in [0.25, 0.3) is 11.8 Å². The Labute approximate surface area is 104 Å². The highest BCUT2D eigenvalue weighted by Crippen LogP contribution is 2.27. The molecular weight excluding hydrogens is 236 g/mol. The first-order chi connectivity index (χ1) is 8.58. The fourth-order valence-electron chi connectivity index (χ4n) is 2.18. The summed E-state index contributed by atoms with van der Waals surface area (Å²) in [5, 5.41) is 13.6. The van der Waals surface area contributed by atoms with Crippen LogP contribution in [-0.2, 0) is 14.4 Å². The molecule has 2 amide bonds. The predicted molar refractivity (Wildman–Crippen MR) is 62.6 cm³/mol. The molecule has 0 spiro atoms. The Morgan fingerprint density at radius 1 is 1.22 bits per heavy atom. The third-order valence-corrected chi connectivity index (χ3v) is 3.30. The van der Waals surface area contributed by atoms with Gasteiger partial charge >= 0.3 is 5.97 Å². The van der Waals surface area contributed by atoms with Gasteiger partial charge in [0.05, 0.1) is 5.92 Å². The molecular formula is C12H14N2O4. The standard InChI is InChI=1S/C12H14N2O4/c15-10-5-6-11(16)14(10)13-7-8-1-3-9(4-2-8)12(17)18/h5-9H,1-4H2,(H,17,18). The number of carbonyl (C=O) groups excluding carboxylic acids is 2. The number of hydrazone groups is 1. The molecule has 6 heteroatoms. The second-order valence-electron chi connectivity index (χ2n) is 4.54. The van der Waals surface area contributed by atoms with Gasteiger partial charge in [0.2, 0.25) is 0 Å². The lowest BCUT2D eigenvalue weighted by Gasteiger charge is -2.23. The molecule has 1 fully saturated rings. The van der Waals surface area contributed by atoms with E-state index in [-0.39, 0.29) is 11.8 Å². The van der Waals surface area contributed by atoms with Gasteiger partial charge in [-0.05, 0) is 31.6 Å². The number of carboxylic acid groups (broad SMARTS) is 1. The summed E-state index contributed by atoms with van der Waals surface area (Å²) in [5.41, 5.74) is 0. The molecule has 0 saturated heterocycles. The fraction of sp³-hybridized carbons (Fsp3) is 0.500. The monoisotopic (exact) mass is 250 g/mol. The Kier molecular flexibility index (Phi) is 3.55. The number of aliphatic carboxylic acids is 1. The van der Waals surface area contributed by atoms with Crippen LogP contribution in [0.5, 0.6) is 0 Å². The van der Waals surface area contributed by atoms with E-state index in [9.17, 15) is 14.4 Å². The molecule has 0 unspecified atom stereocenters. The van der Waals surface area contributed by atoms with Gasteiger partial charge in [0, 0.05) is 18.4 Å². The van der Waals surface area contributed by atoms with E-state index in [1.807, 2.05) is 0 Å². The average molecular weight is 250 g/mol. The maximum absolute atomic E-state index is 11.2. The Morgan fingerprint density at radius 2 is 1.78 bits per heavy atom. The largest absolute Gasteiger partial charge is 0.481 e. The van der Waals surface area contributed by atoms with Crippen LogP contribution < -0.4 is 0 Å². The van der Waals surface area contributed by atoms with Crippen molar-refractivity contribution in [3.8, 4) is 0 Å². The van der Waals surface area contributed by atoms with Crippen molar-refractivity contribution in [2.24, 2.45) is 16.9 Å². The van der Waals surface area contributed by atoms with Gasteiger partial charge < -0.3 is 5.11 Å². The van der Waals surface area contributed by atoms with Crippen molar-refractivity contribution >= 4 is 24.0 Å². The van der Waals surface area contributed by atoms with E-state index in [1.54, 1.807) is 6.21 Å². The average Bonchev–Trinajstić information content (AvgIpc) is 2.67. The molecule has 1 aliphatic carbocycles. The minimum atomic E-state index is -0.750. The van der Waals surface area contributed by atoms with Gasteiger partial charge in [-0.2, -0.15) is 10.1 Å². The number of imide groups is 1. The van der Waals surface area contributed by atoms with Crippen molar-refractivity contribution in [3.05, 3.63) is 12.2 Å². The number of hydrogen-bond acceptors (Lipinski definition) is 4. The molecule has 0 aromatic carbocycles. The number of amides is 2. The van der Waals surface area contributed by atoms with Crippen molar-refractivity contribution in [2.45, 2.75) is 25.7 Å². The van der Waals surface area contributed by atoms with Gasteiger partial charge in [-0.3, -0.25) is 14.4 Å². The molecule has 2 rings (SSSR count). The first-order valence-corrected chi connectivity index (χ1v) is 5.91. The zero-order valence-corrected chi connectivity index (χ0v) is 9.78. The highest BCUT2D eigenvalue weighted by Gasteiger charge is 2.26. The number of carboxylic acids is 1. The second-order valence-corrected chi connectivity index (χ2v) is 4.54. The zero-order valence-electron chi connectivity index (χ0n) is 9.78. The predicted octanol–water partition coefficient (Wildman–Crippen LogP) is 0.788. The first kappa shape index (κ1) is 12.5. The molecule has 18 heavy (non-hydrogen) atoms. The lowest BCUT2D eigenvalue weighted by atomic mass is 9.83. The molecule has 0 radical (unpaired) electrons. The molecule has 2 aliphatic rings. The summed E-state index contributed by atoms with van der Waals surface area (Å²) in [7, 11) is 0. The molecule has 0 aromatic heterocycles. The molecule has 6 nitrogen and oxygen atoms in total. The van der Waals surface area contributed by atoms with Gasteiger partial charge in [0.15, 0.2) is 0 Å². The second kappa shape index (κ2) is 5.12. The van der Waals surface area contributed by atoms with Crippen molar-refractivity contribution in [2.75, 3.05) is 0 Å². The third-order valence-electron chi connectivity index (χ3n) is 3.30. The van der Waals surface area contributed by atoms with Crippen LogP contribution in [0.15, 0.2) is 17.3 Å². The topological polar surface area (TPSA) is 87.0 Å². The summed E-state index contributed by atoms with van der Waals surface area (Å²) < 4.78 is 0. The van der Waals surface area contributed by atoms with E-state index in [0.717, 1.165) is 17.9 Å². The molecule has 0 atom stereocenters. The number of hydrogen-bond donors (Lipinski definition) is 1. The summed E-state index contributed by atoms with van der Waals surface area (Å²) >= 11 is 0. The SMILES string of the molecule is O=C(O)C1CCC(C=NN2C(=O)C=CC2=O)CC1. The lowest BCUT2D eigenvalue weighted by Crippen LogP contribution is -2.26. The Bertz CT molecular complexity index is 415. The Balaban J connectivity index is 1.86. The summed E-state index contributed by atoms with van der Waals surface area (Å²) in [5.74, 6) is -1.75. The number of nitrogens with zero attached hydrogens (tertiary/aromatic N) is 2. The van der Waals surface area contributed by atoms with Gasteiger partial charge in [-0.1, -0.05) is 0 Å². The molecule has 1 N–H and O–H groups in total. The molecule has 1 heterocycles. The number of carbonyl (C=O) groups is 3. The smallest absolute Gasteiger partial charge is 0.306 e. The maximum Gasteiger partial charge on any atom is 0.306 e. The first-order valence-electron chi connectivity index (χ1n) is 5.91. The fourth-order valence-corrected chi connectivity index (χ4v) is 2.18. The lowest BCUT2D eigenvalue weighted by molar-refractivity contribution is -0.143. The van der Waals surface area contributed by atoms with Crippen molar-refractivity contribution < 1.29 is 19.5 Å². The van der Waals surface area contributed by atoms with Crippen LogP contribution in [0, 0.1) is 11.8 Å². The Morgan fingerprint density at radius 3 is 2.28 bits per heavy atom. The Hall–Kier alpha value is -1.98. The summed E-state index contributed by atoms with van der Waals surface area (Å²) in [6.45, 7) is 0. The van der Waals surface area contributed by atoms with E-state index in [0.29, 0.717) is 12.8 Å². The normalized spacial score (nSPS) is 28.3. The van der Waals surface area contributed by atoms with Crippen LogP contribution in [0.2, 0.25) is 0 Å². The molecule has 1 aliphatic heterocycles. The molecule has 0 bridgehead atoms. The van der Waals surface area contributed by atoms with E-state index >= 15 is 0 Å². The van der Waals surface area contributed by atoms with Crippen LogP contribution in [0.25, 0.3) is 0 Å². The van der Waals surface area contributed by atoms with Crippen molar-refractivity contribution in [1.29, 1.82) is 0 Å². The van der Waals surface area contributed by atoms with Crippen molar-refractivity contribution in [1.82, 2.24) is 5.01 Å². The van der Waals surface area contributed by atoms with Crippen LogP contribution in [0.1, 0.15) is 25.7 Å². The zero-order chi connectivity index (χ0) is 13.1. The van der Waals surface area contributed by atoms with Gasteiger partial charge in [-0.25, -0.2) is 0 Å². The third kappa shape index (κ3) is 2.64. The van der Waals surface area contributed by atoms with E-state index in [1.165, 1.54) is 12.2 Å². The highest BCUT2D eigenvalue weighted by molar-refractivity contribution is 6.12. The van der Waals surface area contributed by atoms with Crippen molar-refractivity contribution in [3.63, 3.8) is 0 Å². The van der Waals surface area contributed by atoms with Crippen LogP contribution >= 0.6 is 0 Å². The van der Waals surface area contributed by atoms with Gasteiger partial charge in [-0.15, -0.1) is 0 Å². The van der Waals surface area contributed by atoms with Crippen LogP contribution in [0.4, 0.5) is 0 Å². The summed E-state index contributed by atoms with van der Waals surface area (Å²) in [6, 6.07) is 0. The van der Waals surface area contributed by atoms with E-state index in [2.05, 4.69) is 5.10 Å².